The van der Waals surface area contributed by atoms with Crippen molar-refractivity contribution >= 4 is 5.78 Å². The monoisotopic (exact) mass is 288 g/mol. The van der Waals surface area contributed by atoms with E-state index in [1.54, 1.807) is 6.92 Å². The molecule has 2 atom stereocenters. The maximum atomic E-state index is 11.6. The van der Waals surface area contributed by atoms with Gasteiger partial charge in [-0.1, -0.05) is 0 Å². The Morgan fingerprint density at radius 3 is 2.67 bits per heavy atom. The molecule has 2 saturated heterocycles. The van der Waals surface area contributed by atoms with Gasteiger partial charge in [-0.2, -0.15) is 0 Å². The van der Waals surface area contributed by atoms with Crippen molar-refractivity contribution in [1.29, 1.82) is 0 Å². The van der Waals surface area contributed by atoms with E-state index in [-0.39, 0.29) is 5.78 Å². The molecular weight excluding hydrogens is 264 g/mol. The second-order valence-corrected chi connectivity index (χ2v) is 6.18. The minimum Gasteiger partial charge on any atom is -0.494 e. The number of hydrogen-bond donors (Lipinski definition) is 1. The molecule has 2 fully saturated rings. The van der Waals surface area contributed by atoms with E-state index in [1.807, 2.05) is 25.1 Å². The van der Waals surface area contributed by atoms with Crippen LogP contribution in [0.15, 0.2) is 18.2 Å². The van der Waals surface area contributed by atoms with E-state index in [4.69, 9.17) is 4.74 Å². The molecule has 0 radical (unpaired) electrons. The van der Waals surface area contributed by atoms with Crippen LogP contribution in [0.25, 0.3) is 0 Å². The Kier molecular flexibility index (Phi) is 4.27. The molecule has 2 aliphatic heterocycles. The summed E-state index contributed by atoms with van der Waals surface area (Å²) in [6.07, 6.45) is 0. The number of likely N-dealkylation sites (tertiary alicyclic amines) is 1. The van der Waals surface area contributed by atoms with E-state index < -0.39 is 0 Å². The summed E-state index contributed by atoms with van der Waals surface area (Å²) < 4.78 is 5.73. The topological polar surface area (TPSA) is 41.6 Å². The smallest absolute Gasteiger partial charge is 0.159 e. The van der Waals surface area contributed by atoms with Crippen LogP contribution in [-0.2, 0) is 6.54 Å². The van der Waals surface area contributed by atoms with Crippen LogP contribution in [0, 0.1) is 11.8 Å². The largest absolute Gasteiger partial charge is 0.494 e. The number of ketones is 1. The molecule has 0 unspecified atom stereocenters. The van der Waals surface area contributed by atoms with E-state index in [0.717, 1.165) is 61.4 Å². The summed E-state index contributed by atoms with van der Waals surface area (Å²) in [7, 11) is 0. The molecule has 3 rings (SSSR count). The van der Waals surface area contributed by atoms with Crippen LogP contribution >= 0.6 is 0 Å². The van der Waals surface area contributed by atoms with Gasteiger partial charge in [0.2, 0.25) is 0 Å². The van der Waals surface area contributed by atoms with Crippen LogP contribution in [-0.4, -0.2) is 43.5 Å². The molecule has 2 aliphatic rings. The van der Waals surface area contributed by atoms with Crippen molar-refractivity contribution in [2.24, 2.45) is 11.8 Å². The lowest BCUT2D eigenvalue weighted by molar-refractivity contribution is 0.101. The fourth-order valence-electron chi connectivity index (χ4n) is 3.54. The van der Waals surface area contributed by atoms with Gasteiger partial charge in [-0.25, -0.2) is 0 Å². The van der Waals surface area contributed by atoms with E-state index >= 15 is 0 Å². The summed E-state index contributed by atoms with van der Waals surface area (Å²) in [6, 6.07) is 5.80. The van der Waals surface area contributed by atoms with Gasteiger partial charge in [-0.15, -0.1) is 0 Å². The zero-order chi connectivity index (χ0) is 14.8. The van der Waals surface area contributed by atoms with E-state index in [9.17, 15) is 4.79 Å². The Morgan fingerprint density at radius 2 is 2.05 bits per heavy atom. The number of carbonyl (C=O) groups excluding carboxylic acids is 1. The van der Waals surface area contributed by atoms with Crippen molar-refractivity contribution < 1.29 is 9.53 Å². The predicted molar refractivity (Wildman–Crippen MR) is 82.7 cm³/mol. The maximum absolute atomic E-state index is 11.6. The first-order valence-electron chi connectivity index (χ1n) is 7.87. The molecule has 2 heterocycles. The zero-order valence-electron chi connectivity index (χ0n) is 12.9. The summed E-state index contributed by atoms with van der Waals surface area (Å²) in [5.41, 5.74) is 1.91. The lowest BCUT2D eigenvalue weighted by atomic mass is 10.0. The van der Waals surface area contributed by atoms with Crippen molar-refractivity contribution in [2.45, 2.75) is 20.4 Å². The lowest BCUT2D eigenvalue weighted by Crippen LogP contribution is -2.25. The van der Waals surface area contributed by atoms with Gasteiger partial charge in [0.1, 0.15) is 5.75 Å². The lowest BCUT2D eigenvalue weighted by Gasteiger charge is -2.19. The third-order valence-corrected chi connectivity index (χ3v) is 4.63. The average molecular weight is 288 g/mol. The van der Waals surface area contributed by atoms with Gasteiger partial charge in [-0.3, -0.25) is 9.69 Å². The van der Waals surface area contributed by atoms with Crippen LogP contribution in [0.5, 0.6) is 5.75 Å². The number of nitrogens with one attached hydrogen (secondary N) is 1. The number of hydrogen-bond acceptors (Lipinski definition) is 4. The Bertz CT molecular complexity index is 518. The van der Waals surface area contributed by atoms with E-state index in [1.165, 1.54) is 0 Å². The third kappa shape index (κ3) is 3.11. The van der Waals surface area contributed by atoms with Crippen LogP contribution in [0.1, 0.15) is 29.8 Å². The molecule has 0 saturated carbocycles. The van der Waals surface area contributed by atoms with Gasteiger partial charge < -0.3 is 10.1 Å². The number of Topliss-reactive ketones (excluding diaryl/α,β-unsaturated/α-hetero) is 1. The van der Waals surface area contributed by atoms with Crippen LogP contribution in [0.4, 0.5) is 0 Å². The second kappa shape index (κ2) is 6.16. The number of carbonyl (C=O) groups is 1. The molecule has 1 aromatic carbocycles. The Hall–Kier alpha value is -1.39. The van der Waals surface area contributed by atoms with Gasteiger partial charge >= 0.3 is 0 Å². The molecule has 0 aromatic heterocycles. The Balaban J connectivity index is 1.76. The summed E-state index contributed by atoms with van der Waals surface area (Å²) in [5.74, 6) is 2.60. The zero-order valence-corrected chi connectivity index (χ0v) is 12.9. The van der Waals surface area contributed by atoms with Crippen molar-refractivity contribution in [1.82, 2.24) is 10.2 Å². The van der Waals surface area contributed by atoms with E-state index in [2.05, 4.69) is 10.2 Å². The fraction of sp³-hybridized carbons (Fsp3) is 0.588. The highest BCUT2D eigenvalue weighted by Crippen LogP contribution is 2.30. The minimum absolute atomic E-state index is 0.113. The quantitative estimate of drug-likeness (QED) is 0.841. The number of rotatable bonds is 5. The van der Waals surface area contributed by atoms with Gasteiger partial charge in [0.15, 0.2) is 5.78 Å². The third-order valence-electron chi connectivity index (χ3n) is 4.63. The van der Waals surface area contributed by atoms with Gasteiger partial charge in [0, 0.05) is 30.8 Å². The van der Waals surface area contributed by atoms with Gasteiger partial charge in [-0.05, 0) is 57.0 Å². The minimum atomic E-state index is 0.113. The molecule has 0 spiro atoms. The predicted octanol–water partition coefficient (Wildman–Crippen LogP) is 1.94. The van der Waals surface area contributed by atoms with Crippen molar-refractivity contribution in [3.05, 3.63) is 29.3 Å². The van der Waals surface area contributed by atoms with Gasteiger partial charge in [0.05, 0.1) is 6.61 Å². The summed E-state index contributed by atoms with van der Waals surface area (Å²) >= 11 is 0. The van der Waals surface area contributed by atoms with Crippen LogP contribution in [0.3, 0.4) is 0 Å². The Morgan fingerprint density at radius 1 is 1.33 bits per heavy atom. The molecular formula is C17H24N2O2. The molecule has 0 amide bonds. The van der Waals surface area contributed by atoms with Gasteiger partial charge in [0.25, 0.3) is 0 Å². The standard InChI is InChI=1S/C17H24N2O2/c1-3-21-17-5-4-13(12(2)20)6-14(17)9-19-10-15-7-18-8-16(15)11-19/h4-6,15-16,18H,3,7-11H2,1-2H3/t15-,16+. The first-order chi connectivity index (χ1) is 10.2. The second-order valence-electron chi connectivity index (χ2n) is 6.18. The Labute approximate surface area is 126 Å². The molecule has 0 aliphatic carbocycles. The summed E-state index contributed by atoms with van der Waals surface area (Å²) in [5, 5.41) is 3.47. The summed E-state index contributed by atoms with van der Waals surface area (Å²) in [4.78, 5) is 14.1. The summed E-state index contributed by atoms with van der Waals surface area (Å²) in [6.45, 7) is 9.73. The number of nitrogens with zero attached hydrogens (tertiary/aromatic N) is 1. The number of fused-ring (bicyclic) bond motifs is 1. The highest BCUT2D eigenvalue weighted by atomic mass is 16.5. The van der Waals surface area contributed by atoms with Crippen molar-refractivity contribution in [2.75, 3.05) is 32.8 Å². The van der Waals surface area contributed by atoms with E-state index in [0.29, 0.717) is 6.61 Å². The highest BCUT2D eigenvalue weighted by Gasteiger charge is 2.36. The van der Waals surface area contributed by atoms with Crippen LogP contribution < -0.4 is 10.1 Å². The molecule has 1 aromatic rings. The maximum Gasteiger partial charge on any atom is 0.159 e. The first-order valence-corrected chi connectivity index (χ1v) is 7.87. The fourth-order valence-corrected chi connectivity index (χ4v) is 3.54. The molecule has 4 heteroatoms. The van der Waals surface area contributed by atoms with Crippen molar-refractivity contribution in [3.8, 4) is 5.75 Å². The average Bonchev–Trinajstić information content (AvgIpc) is 3.01. The molecule has 114 valence electrons. The van der Waals surface area contributed by atoms with Crippen molar-refractivity contribution in [3.63, 3.8) is 0 Å². The normalized spacial score (nSPS) is 25.0. The number of benzene rings is 1. The molecule has 0 bridgehead atoms. The van der Waals surface area contributed by atoms with Crippen LogP contribution in [0.2, 0.25) is 0 Å². The SMILES string of the molecule is CCOc1ccc(C(C)=O)cc1CN1C[C@H]2CNC[C@H]2C1. The number of ether oxygens (including phenoxy) is 1. The highest BCUT2D eigenvalue weighted by molar-refractivity contribution is 5.94. The molecule has 21 heavy (non-hydrogen) atoms. The molecule has 1 N–H and O–H groups in total. The first kappa shape index (κ1) is 14.5. The molecule has 4 nitrogen and oxygen atoms in total.